The molecule has 7 heteroatoms. The number of nitrogens with one attached hydrogen (secondary N) is 1. The molecule has 5 nitrogen and oxygen atoms in total. The Labute approximate surface area is 152 Å². The third kappa shape index (κ3) is 4.28. The van der Waals surface area contributed by atoms with Gasteiger partial charge in [0.05, 0.1) is 0 Å². The topological polar surface area (TPSA) is 66.5 Å². The smallest absolute Gasteiger partial charge is 0.244 e. The third-order valence-electron chi connectivity index (χ3n) is 4.42. The Bertz CT molecular complexity index is 865. The molecule has 1 N–H and O–H groups in total. The average molecular weight is 376 g/mol. The van der Waals surface area contributed by atoms with E-state index in [1.54, 1.807) is 4.90 Å². The van der Waals surface area contributed by atoms with Crippen molar-refractivity contribution in [1.29, 1.82) is 0 Å². The SMILES string of the molecule is O=C(C(Cc1ccccc1)NS(=O)(=O)c1ccccc1F)N1CCCC1. The molecule has 2 aromatic carbocycles. The van der Waals surface area contributed by atoms with E-state index in [0.717, 1.165) is 24.5 Å². The van der Waals surface area contributed by atoms with Crippen LogP contribution in [0.1, 0.15) is 18.4 Å². The largest absolute Gasteiger partial charge is 0.341 e. The van der Waals surface area contributed by atoms with Crippen LogP contribution in [0.3, 0.4) is 0 Å². The van der Waals surface area contributed by atoms with Gasteiger partial charge in [-0.05, 0) is 37.0 Å². The quantitative estimate of drug-likeness (QED) is 0.842. The fourth-order valence-electron chi connectivity index (χ4n) is 3.10. The average Bonchev–Trinajstić information content (AvgIpc) is 3.16. The van der Waals surface area contributed by atoms with E-state index in [1.165, 1.54) is 18.2 Å². The third-order valence-corrected chi connectivity index (χ3v) is 5.93. The van der Waals surface area contributed by atoms with Crippen molar-refractivity contribution in [2.24, 2.45) is 0 Å². The first-order valence-corrected chi connectivity index (χ1v) is 10.1. The number of benzene rings is 2. The van der Waals surface area contributed by atoms with Gasteiger partial charge in [-0.25, -0.2) is 12.8 Å². The highest BCUT2D eigenvalue weighted by molar-refractivity contribution is 7.89. The lowest BCUT2D eigenvalue weighted by atomic mass is 10.1. The van der Waals surface area contributed by atoms with Crippen LogP contribution in [0.15, 0.2) is 59.5 Å². The molecule has 138 valence electrons. The van der Waals surface area contributed by atoms with Gasteiger partial charge in [-0.1, -0.05) is 42.5 Å². The van der Waals surface area contributed by atoms with Gasteiger partial charge in [-0.3, -0.25) is 4.79 Å². The van der Waals surface area contributed by atoms with Crippen molar-refractivity contribution in [3.63, 3.8) is 0 Å². The second-order valence-corrected chi connectivity index (χ2v) is 8.01. The van der Waals surface area contributed by atoms with Crippen molar-refractivity contribution in [2.45, 2.75) is 30.2 Å². The number of hydrogen-bond acceptors (Lipinski definition) is 3. The highest BCUT2D eigenvalue weighted by atomic mass is 32.2. The monoisotopic (exact) mass is 376 g/mol. The molecule has 26 heavy (non-hydrogen) atoms. The zero-order valence-electron chi connectivity index (χ0n) is 14.3. The highest BCUT2D eigenvalue weighted by Crippen LogP contribution is 2.17. The molecule has 0 aliphatic carbocycles. The van der Waals surface area contributed by atoms with Crippen LogP contribution in [0, 0.1) is 5.82 Å². The summed E-state index contributed by atoms with van der Waals surface area (Å²) in [6.07, 6.45) is 2.03. The molecule has 0 radical (unpaired) electrons. The van der Waals surface area contributed by atoms with Gasteiger partial charge >= 0.3 is 0 Å². The summed E-state index contributed by atoms with van der Waals surface area (Å²) in [7, 11) is -4.16. The fourth-order valence-corrected chi connectivity index (χ4v) is 4.37. The molecule has 1 unspecified atom stereocenters. The second-order valence-electron chi connectivity index (χ2n) is 6.33. The van der Waals surface area contributed by atoms with Gasteiger partial charge in [-0.2, -0.15) is 4.72 Å². The Hall–Kier alpha value is -2.25. The molecule has 0 bridgehead atoms. The maximum absolute atomic E-state index is 14.0. The molecule has 3 rings (SSSR count). The number of halogens is 1. The van der Waals surface area contributed by atoms with Crippen molar-refractivity contribution in [2.75, 3.05) is 13.1 Å². The predicted molar refractivity (Wildman–Crippen MR) is 96.5 cm³/mol. The van der Waals surface area contributed by atoms with Gasteiger partial charge < -0.3 is 4.90 Å². The zero-order valence-corrected chi connectivity index (χ0v) is 15.1. The van der Waals surface area contributed by atoms with E-state index >= 15 is 0 Å². The number of likely N-dealkylation sites (tertiary alicyclic amines) is 1. The summed E-state index contributed by atoms with van der Waals surface area (Å²) in [5.74, 6) is -1.11. The summed E-state index contributed by atoms with van der Waals surface area (Å²) in [5, 5.41) is 0. The van der Waals surface area contributed by atoms with E-state index < -0.39 is 26.8 Å². The number of hydrogen-bond donors (Lipinski definition) is 1. The first kappa shape index (κ1) is 18.5. The summed E-state index contributed by atoms with van der Waals surface area (Å²) in [6.45, 7) is 1.23. The molecule has 1 amide bonds. The number of nitrogens with zero attached hydrogens (tertiary/aromatic N) is 1. The van der Waals surface area contributed by atoms with E-state index in [0.29, 0.717) is 13.1 Å². The summed E-state index contributed by atoms with van der Waals surface area (Å²) >= 11 is 0. The number of sulfonamides is 1. The Morgan fingerprint density at radius 2 is 1.65 bits per heavy atom. The van der Waals surface area contributed by atoms with Crippen LogP contribution in [0.4, 0.5) is 4.39 Å². The number of carbonyl (C=O) groups excluding carboxylic acids is 1. The first-order chi connectivity index (χ1) is 12.5. The van der Waals surface area contributed by atoms with Gasteiger partial charge in [0.2, 0.25) is 15.9 Å². The molecule has 1 aliphatic rings. The molecule has 0 spiro atoms. The minimum Gasteiger partial charge on any atom is -0.341 e. The number of carbonyl (C=O) groups is 1. The predicted octanol–water partition coefficient (Wildman–Crippen LogP) is 2.34. The van der Waals surface area contributed by atoms with Crippen LogP contribution in [0.2, 0.25) is 0 Å². The Balaban J connectivity index is 1.87. The molecule has 0 saturated carbocycles. The van der Waals surface area contributed by atoms with E-state index in [1.807, 2.05) is 30.3 Å². The highest BCUT2D eigenvalue weighted by Gasteiger charge is 2.31. The Morgan fingerprint density at radius 3 is 2.31 bits per heavy atom. The van der Waals surface area contributed by atoms with Gasteiger partial charge in [-0.15, -0.1) is 0 Å². The maximum Gasteiger partial charge on any atom is 0.244 e. The van der Waals surface area contributed by atoms with Crippen LogP contribution in [0.5, 0.6) is 0 Å². The molecule has 0 aromatic heterocycles. The molecular formula is C19H21FN2O3S. The van der Waals surface area contributed by atoms with E-state index in [2.05, 4.69) is 4.72 Å². The van der Waals surface area contributed by atoms with Crippen molar-refractivity contribution >= 4 is 15.9 Å². The van der Waals surface area contributed by atoms with Crippen molar-refractivity contribution in [3.8, 4) is 0 Å². The summed E-state index contributed by atoms with van der Waals surface area (Å²) in [5.41, 5.74) is 0.835. The maximum atomic E-state index is 14.0. The standard InChI is InChI=1S/C19H21FN2O3S/c20-16-10-4-5-11-18(16)26(24,25)21-17(14-15-8-2-1-3-9-15)19(23)22-12-6-7-13-22/h1-5,8-11,17,21H,6-7,12-14H2. The van der Waals surface area contributed by atoms with E-state index in [4.69, 9.17) is 0 Å². The Morgan fingerprint density at radius 1 is 1.04 bits per heavy atom. The van der Waals surface area contributed by atoms with E-state index in [9.17, 15) is 17.6 Å². The molecule has 1 heterocycles. The van der Waals surface area contributed by atoms with Gasteiger partial charge in [0.25, 0.3) is 0 Å². The van der Waals surface area contributed by atoms with E-state index in [-0.39, 0.29) is 12.3 Å². The molecule has 1 fully saturated rings. The molecule has 1 atom stereocenters. The van der Waals surface area contributed by atoms with Crippen LogP contribution in [-0.2, 0) is 21.2 Å². The summed E-state index contributed by atoms with van der Waals surface area (Å²) in [4.78, 5) is 14.1. The normalized spacial score (nSPS) is 15.8. The minimum absolute atomic E-state index is 0.212. The lowest BCUT2D eigenvalue weighted by molar-refractivity contribution is -0.131. The lowest BCUT2D eigenvalue weighted by Crippen LogP contribution is -2.49. The van der Waals surface area contributed by atoms with Crippen molar-refractivity contribution in [3.05, 3.63) is 66.0 Å². The van der Waals surface area contributed by atoms with Crippen molar-refractivity contribution < 1.29 is 17.6 Å². The van der Waals surface area contributed by atoms with Gasteiger partial charge in [0.15, 0.2) is 0 Å². The van der Waals surface area contributed by atoms with Crippen LogP contribution in [-0.4, -0.2) is 38.4 Å². The molecule has 1 saturated heterocycles. The number of rotatable bonds is 6. The minimum atomic E-state index is -4.16. The van der Waals surface area contributed by atoms with Crippen molar-refractivity contribution in [1.82, 2.24) is 9.62 Å². The first-order valence-electron chi connectivity index (χ1n) is 8.57. The zero-order chi connectivity index (χ0) is 18.6. The number of amides is 1. The second kappa shape index (κ2) is 7.97. The molecule has 1 aliphatic heterocycles. The molecule has 2 aromatic rings. The van der Waals surface area contributed by atoms with Gasteiger partial charge in [0, 0.05) is 13.1 Å². The van der Waals surface area contributed by atoms with Crippen LogP contribution in [0.25, 0.3) is 0 Å². The summed E-state index contributed by atoms with van der Waals surface area (Å²) < 4.78 is 41.7. The van der Waals surface area contributed by atoms with Crippen LogP contribution >= 0.6 is 0 Å². The molecular weight excluding hydrogens is 355 g/mol. The van der Waals surface area contributed by atoms with Gasteiger partial charge in [0.1, 0.15) is 16.8 Å². The lowest BCUT2D eigenvalue weighted by Gasteiger charge is -2.24. The fraction of sp³-hybridized carbons (Fsp3) is 0.316. The Kier molecular flexibility index (Phi) is 5.68. The summed E-state index contributed by atoms with van der Waals surface area (Å²) in [6, 6.07) is 13.4. The van der Waals surface area contributed by atoms with Crippen LogP contribution < -0.4 is 4.72 Å².